The van der Waals surface area contributed by atoms with Crippen molar-refractivity contribution in [2.24, 2.45) is 0 Å². The standard InChI is InChI=1S/C22H36N2/c1-4-7-13-20-14-12-19-24(18-9-6-3)22(20,16-8-5-2)21-15-10-11-17-23-21/h10-12,14-15,17,19,21,23H,4-9,13,16,18H2,1-3H3. The molecule has 2 rings (SSSR count). The molecule has 134 valence electrons. The average molecular weight is 329 g/mol. The van der Waals surface area contributed by atoms with Crippen molar-refractivity contribution in [3.05, 3.63) is 48.4 Å². The molecule has 0 aromatic rings. The molecule has 0 spiro atoms. The molecular weight excluding hydrogens is 292 g/mol. The Hall–Kier alpha value is -1.44. The van der Waals surface area contributed by atoms with Crippen molar-refractivity contribution in [2.45, 2.75) is 83.7 Å². The Morgan fingerprint density at radius 2 is 1.79 bits per heavy atom. The summed E-state index contributed by atoms with van der Waals surface area (Å²) in [6.45, 7) is 8.04. The summed E-state index contributed by atoms with van der Waals surface area (Å²) >= 11 is 0. The number of hydrogen-bond acceptors (Lipinski definition) is 2. The number of dihydropyridines is 1. The van der Waals surface area contributed by atoms with Gasteiger partial charge in [0.15, 0.2) is 0 Å². The van der Waals surface area contributed by atoms with Crippen molar-refractivity contribution < 1.29 is 0 Å². The molecule has 0 aromatic carbocycles. The lowest BCUT2D eigenvalue weighted by molar-refractivity contribution is 0.130. The van der Waals surface area contributed by atoms with Gasteiger partial charge in [0, 0.05) is 6.54 Å². The minimum absolute atomic E-state index is 0.0936. The predicted octanol–water partition coefficient (Wildman–Crippen LogP) is 5.70. The maximum absolute atomic E-state index is 3.67. The number of nitrogens with zero attached hydrogens (tertiary/aromatic N) is 1. The van der Waals surface area contributed by atoms with Crippen LogP contribution < -0.4 is 5.32 Å². The van der Waals surface area contributed by atoms with Crippen LogP contribution in [0.5, 0.6) is 0 Å². The molecule has 0 aromatic heterocycles. The molecule has 2 heteroatoms. The van der Waals surface area contributed by atoms with Gasteiger partial charge in [0.25, 0.3) is 0 Å². The molecular formula is C22H36N2. The Kier molecular flexibility index (Phi) is 7.68. The van der Waals surface area contributed by atoms with Gasteiger partial charge in [0.1, 0.15) is 0 Å². The normalized spacial score (nSPS) is 25.7. The molecule has 24 heavy (non-hydrogen) atoms. The van der Waals surface area contributed by atoms with Crippen LogP contribution in [0.2, 0.25) is 0 Å². The number of hydrogen-bond donors (Lipinski definition) is 1. The highest BCUT2D eigenvalue weighted by Gasteiger charge is 2.44. The molecule has 2 unspecified atom stereocenters. The van der Waals surface area contributed by atoms with Crippen LogP contribution in [0.15, 0.2) is 48.4 Å². The number of allylic oxidation sites excluding steroid dienone is 4. The molecule has 1 N–H and O–H groups in total. The van der Waals surface area contributed by atoms with E-state index in [1.807, 2.05) is 0 Å². The fourth-order valence-electron chi connectivity index (χ4n) is 4.02. The summed E-state index contributed by atoms with van der Waals surface area (Å²) < 4.78 is 0. The molecule has 0 saturated heterocycles. The second-order valence-corrected chi connectivity index (χ2v) is 7.10. The Morgan fingerprint density at radius 1 is 1.00 bits per heavy atom. The summed E-state index contributed by atoms with van der Waals surface area (Å²) in [7, 11) is 0. The van der Waals surface area contributed by atoms with E-state index in [0.717, 1.165) is 6.54 Å². The van der Waals surface area contributed by atoms with Crippen molar-refractivity contribution in [3.63, 3.8) is 0 Å². The lowest BCUT2D eigenvalue weighted by atomic mass is 9.73. The summed E-state index contributed by atoms with van der Waals surface area (Å²) in [5.74, 6) is 0. The first-order chi connectivity index (χ1) is 11.8. The lowest BCUT2D eigenvalue weighted by Gasteiger charge is -2.52. The first-order valence-electron chi connectivity index (χ1n) is 10.0. The zero-order valence-corrected chi connectivity index (χ0v) is 15.9. The number of rotatable bonds is 10. The van der Waals surface area contributed by atoms with E-state index >= 15 is 0 Å². The second-order valence-electron chi connectivity index (χ2n) is 7.10. The first-order valence-corrected chi connectivity index (χ1v) is 10.0. The van der Waals surface area contributed by atoms with Gasteiger partial charge in [-0.3, -0.25) is 0 Å². The number of nitrogens with one attached hydrogen (secondary N) is 1. The molecule has 0 fully saturated rings. The Balaban J connectivity index is 2.38. The smallest absolute Gasteiger partial charge is 0.0847 e. The van der Waals surface area contributed by atoms with Crippen molar-refractivity contribution in [2.75, 3.05) is 6.54 Å². The van der Waals surface area contributed by atoms with Crippen LogP contribution in [0.3, 0.4) is 0 Å². The van der Waals surface area contributed by atoms with E-state index in [0.29, 0.717) is 6.04 Å². The van der Waals surface area contributed by atoms with Gasteiger partial charge in [-0.15, -0.1) is 0 Å². The molecule has 2 aliphatic rings. The predicted molar refractivity (Wildman–Crippen MR) is 106 cm³/mol. The molecule has 2 atom stereocenters. The van der Waals surface area contributed by atoms with Gasteiger partial charge < -0.3 is 10.2 Å². The average Bonchev–Trinajstić information content (AvgIpc) is 2.64. The van der Waals surface area contributed by atoms with Gasteiger partial charge in [-0.2, -0.15) is 0 Å². The SMILES string of the molecule is CCCCC1=CC=CN(CCCC)C1(CCCC)C1C=CC=CN1. The van der Waals surface area contributed by atoms with Gasteiger partial charge in [-0.1, -0.05) is 64.7 Å². The lowest BCUT2D eigenvalue weighted by Crippen LogP contribution is -2.60. The molecule has 0 radical (unpaired) electrons. The van der Waals surface area contributed by atoms with E-state index < -0.39 is 0 Å². The summed E-state index contributed by atoms with van der Waals surface area (Å²) in [5, 5.41) is 3.67. The van der Waals surface area contributed by atoms with Crippen molar-refractivity contribution in [3.8, 4) is 0 Å². The largest absolute Gasteiger partial charge is 0.382 e. The molecule has 0 amide bonds. The van der Waals surface area contributed by atoms with Crippen LogP contribution in [-0.2, 0) is 0 Å². The van der Waals surface area contributed by atoms with E-state index in [4.69, 9.17) is 0 Å². The fraction of sp³-hybridized carbons (Fsp3) is 0.636. The third-order valence-electron chi connectivity index (χ3n) is 5.40. The molecule has 2 heterocycles. The molecule has 0 saturated carbocycles. The summed E-state index contributed by atoms with van der Waals surface area (Å²) in [5.41, 5.74) is 1.71. The van der Waals surface area contributed by atoms with Gasteiger partial charge in [0.2, 0.25) is 0 Å². The van der Waals surface area contributed by atoms with Crippen LogP contribution in [-0.4, -0.2) is 23.0 Å². The summed E-state index contributed by atoms with van der Waals surface area (Å²) in [6.07, 6.45) is 25.8. The third kappa shape index (κ3) is 4.15. The quantitative estimate of drug-likeness (QED) is 0.553. The Morgan fingerprint density at radius 3 is 2.46 bits per heavy atom. The molecule has 0 bridgehead atoms. The van der Waals surface area contributed by atoms with Crippen LogP contribution in [0.4, 0.5) is 0 Å². The van der Waals surface area contributed by atoms with Crippen molar-refractivity contribution in [1.82, 2.24) is 10.2 Å². The maximum atomic E-state index is 3.67. The third-order valence-corrected chi connectivity index (χ3v) is 5.40. The molecule has 2 nitrogen and oxygen atoms in total. The maximum Gasteiger partial charge on any atom is 0.0847 e. The van der Waals surface area contributed by atoms with E-state index in [-0.39, 0.29) is 5.54 Å². The number of unbranched alkanes of at least 4 members (excludes halogenated alkanes) is 3. The zero-order chi connectivity index (χ0) is 17.3. The summed E-state index contributed by atoms with van der Waals surface area (Å²) in [4.78, 5) is 2.65. The van der Waals surface area contributed by atoms with Gasteiger partial charge >= 0.3 is 0 Å². The Labute approximate surface area is 149 Å². The molecule has 2 aliphatic heterocycles. The topological polar surface area (TPSA) is 15.3 Å². The van der Waals surface area contributed by atoms with Gasteiger partial charge in [0.05, 0.1) is 11.6 Å². The fourth-order valence-corrected chi connectivity index (χ4v) is 4.02. The monoisotopic (exact) mass is 328 g/mol. The van der Waals surface area contributed by atoms with Crippen LogP contribution >= 0.6 is 0 Å². The van der Waals surface area contributed by atoms with E-state index in [1.165, 1.54) is 51.4 Å². The van der Waals surface area contributed by atoms with E-state index in [1.54, 1.807) is 5.57 Å². The highest BCUT2D eigenvalue weighted by Crippen LogP contribution is 2.40. The van der Waals surface area contributed by atoms with Crippen LogP contribution in [0.25, 0.3) is 0 Å². The van der Waals surface area contributed by atoms with Crippen LogP contribution in [0, 0.1) is 0 Å². The van der Waals surface area contributed by atoms with Gasteiger partial charge in [-0.05, 0) is 55.8 Å². The van der Waals surface area contributed by atoms with Crippen molar-refractivity contribution >= 4 is 0 Å². The highest BCUT2D eigenvalue weighted by molar-refractivity contribution is 5.37. The van der Waals surface area contributed by atoms with E-state index in [2.05, 4.69) is 73.8 Å². The minimum atomic E-state index is 0.0936. The minimum Gasteiger partial charge on any atom is -0.382 e. The molecule has 0 aliphatic carbocycles. The second kappa shape index (κ2) is 9.76. The van der Waals surface area contributed by atoms with Gasteiger partial charge in [-0.25, -0.2) is 0 Å². The van der Waals surface area contributed by atoms with E-state index in [9.17, 15) is 0 Å². The Bertz CT molecular complexity index is 486. The highest BCUT2D eigenvalue weighted by atomic mass is 15.2. The first kappa shape index (κ1) is 18.9. The van der Waals surface area contributed by atoms with Crippen LogP contribution in [0.1, 0.15) is 72.1 Å². The summed E-state index contributed by atoms with van der Waals surface area (Å²) in [6, 6.07) is 0.360. The van der Waals surface area contributed by atoms with Crippen molar-refractivity contribution in [1.29, 1.82) is 0 Å². The zero-order valence-electron chi connectivity index (χ0n) is 15.9.